The van der Waals surface area contributed by atoms with Crippen LogP contribution >= 0.6 is 0 Å². The van der Waals surface area contributed by atoms with Gasteiger partial charge < -0.3 is 5.73 Å². The molecule has 0 radical (unpaired) electrons. The SMILES string of the molecule is CC(C)CC1(C(N)Cc2ccccc2)CCCC1. The van der Waals surface area contributed by atoms with E-state index in [0.29, 0.717) is 11.5 Å². The largest absolute Gasteiger partial charge is 0.327 e. The quantitative estimate of drug-likeness (QED) is 0.828. The molecule has 2 N–H and O–H groups in total. The molecule has 2 rings (SSSR count). The summed E-state index contributed by atoms with van der Waals surface area (Å²) in [5.41, 5.74) is 8.39. The van der Waals surface area contributed by atoms with Crippen molar-refractivity contribution in [2.24, 2.45) is 17.1 Å². The lowest BCUT2D eigenvalue weighted by molar-refractivity contribution is 0.181. The Morgan fingerprint density at radius 3 is 2.28 bits per heavy atom. The predicted molar refractivity (Wildman–Crippen MR) is 78.5 cm³/mol. The molecule has 1 aliphatic carbocycles. The minimum absolute atomic E-state index is 0.324. The second-order valence-electron chi connectivity index (χ2n) is 6.46. The Labute approximate surface area is 112 Å². The molecular weight excluding hydrogens is 218 g/mol. The third kappa shape index (κ3) is 3.14. The molecule has 100 valence electrons. The molecule has 0 amide bonds. The van der Waals surface area contributed by atoms with Crippen LogP contribution in [0.4, 0.5) is 0 Å². The highest BCUT2D eigenvalue weighted by atomic mass is 14.7. The molecule has 0 bridgehead atoms. The van der Waals surface area contributed by atoms with Crippen molar-refractivity contribution in [2.45, 2.75) is 58.4 Å². The van der Waals surface area contributed by atoms with E-state index in [-0.39, 0.29) is 0 Å². The highest BCUT2D eigenvalue weighted by molar-refractivity contribution is 5.17. The highest BCUT2D eigenvalue weighted by Gasteiger charge is 2.39. The molecule has 1 nitrogen and oxygen atoms in total. The van der Waals surface area contributed by atoms with Crippen LogP contribution in [0.5, 0.6) is 0 Å². The fourth-order valence-electron chi connectivity index (χ4n) is 3.70. The minimum Gasteiger partial charge on any atom is -0.327 e. The Bertz CT molecular complexity index is 349. The van der Waals surface area contributed by atoms with Crippen molar-refractivity contribution in [3.8, 4) is 0 Å². The zero-order valence-electron chi connectivity index (χ0n) is 11.9. The smallest absolute Gasteiger partial charge is 0.0136 e. The van der Waals surface area contributed by atoms with Crippen LogP contribution in [-0.4, -0.2) is 6.04 Å². The van der Waals surface area contributed by atoms with Gasteiger partial charge in [0.25, 0.3) is 0 Å². The molecule has 1 heteroatoms. The van der Waals surface area contributed by atoms with Gasteiger partial charge in [0.15, 0.2) is 0 Å². The zero-order chi connectivity index (χ0) is 13.0. The van der Waals surface area contributed by atoms with Gasteiger partial charge in [-0.05, 0) is 42.6 Å². The van der Waals surface area contributed by atoms with Crippen molar-refractivity contribution in [1.82, 2.24) is 0 Å². The van der Waals surface area contributed by atoms with Gasteiger partial charge in [0.05, 0.1) is 0 Å². The second-order valence-corrected chi connectivity index (χ2v) is 6.46. The van der Waals surface area contributed by atoms with Gasteiger partial charge in [0.1, 0.15) is 0 Å². The summed E-state index contributed by atoms with van der Waals surface area (Å²) in [6.45, 7) is 4.66. The predicted octanol–water partition coefficient (Wildman–Crippen LogP) is 4.16. The van der Waals surface area contributed by atoms with Crippen molar-refractivity contribution in [3.63, 3.8) is 0 Å². The van der Waals surface area contributed by atoms with Gasteiger partial charge in [-0.1, -0.05) is 57.0 Å². The maximum Gasteiger partial charge on any atom is 0.0136 e. The molecule has 1 aliphatic rings. The van der Waals surface area contributed by atoms with E-state index in [1.807, 2.05) is 0 Å². The van der Waals surface area contributed by atoms with E-state index in [9.17, 15) is 0 Å². The Morgan fingerprint density at radius 1 is 1.11 bits per heavy atom. The molecule has 0 aliphatic heterocycles. The van der Waals surface area contributed by atoms with Crippen LogP contribution in [0.1, 0.15) is 51.5 Å². The fourth-order valence-corrected chi connectivity index (χ4v) is 3.70. The first-order valence-corrected chi connectivity index (χ1v) is 7.42. The van der Waals surface area contributed by atoms with Gasteiger partial charge in [-0.3, -0.25) is 0 Å². The molecule has 0 spiro atoms. The van der Waals surface area contributed by atoms with Crippen molar-refractivity contribution in [2.75, 3.05) is 0 Å². The zero-order valence-corrected chi connectivity index (χ0v) is 11.9. The second kappa shape index (κ2) is 5.88. The molecule has 1 unspecified atom stereocenters. The highest BCUT2D eigenvalue weighted by Crippen LogP contribution is 2.45. The third-order valence-corrected chi connectivity index (χ3v) is 4.50. The summed E-state index contributed by atoms with van der Waals surface area (Å²) in [7, 11) is 0. The number of nitrogens with two attached hydrogens (primary N) is 1. The van der Waals surface area contributed by atoms with Crippen LogP contribution in [0.2, 0.25) is 0 Å². The molecule has 1 aromatic carbocycles. The monoisotopic (exact) mass is 245 g/mol. The van der Waals surface area contributed by atoms with E-state index in [1.54, 1.807) is 0 Å². The molecule has 0 saturated heterocycles. The molecule has 0 aromatic heterocycles. The number of rotatable bonds is 5. The summed E-state index contributed by atoms with van der Waals surface area (Å²) < 4.78 is 0. The number of benzene rings is 1. The standard InChI is InChI=1S/C17H27N/c1-14(2)13-17(10-6-7-11-17)16(18)12-15-8-4-3-5-9-15/h3-5,8-9,14,16H,6-7,10-13,18H2,1-2H3. The average Bonchev–Trinajstić information content (AvgIpc) is 2.79. The Hall–Kier alpha value is -0.820. The first-order valence-electron chi connectivity index (χ1n) is 7.42. The lowest BCUT2D eigenvalue weighted by Gasteiger charge is -2.37. The number of hydrogen-bond donors (Lipinski definition) is 1. The summed E-state index contributed by atoms with van der Waals surface area (Å²) in [5, 5.41) is 0. The van der Waals surface area contributed by atoms with Gasteiger partial charge in [0, 0.05) is 6.04 Å². The Morgan fingerprint density at radius 2 is 1.72 bits per heavy atom. The van der Waals surface area contributed by atoms with Crippen LogP contribution < -0.4 is 5.73 Å². The van der Waals surface area contributed by atoms with Crippen molar-refractivity contribution >= 4 is 0 Å². The van der Waals surface area contributed by atoms with E-state index in [2.05, 4.69) is 44.2 Å². The van der Waals surface area contributed by atoms with Crippen LogP contribution in [-0.2, 0) is 6.42 Å². The summed E-state index contributed by atoms with van der Waals surface area (Å²) >= 11 is 0. The first-order chi connectivity index (χ1) is 8.62. The van der Waals surface area contributed by atoms with Gasteiger partial charge in [-0.25, -0.2) is 0 Å². The van der Waals surface area contributed by atoms with E-state index in [4.69, 9.17) is 5.73 Å². The lowest BCUT2D eigenvalue weighted by atomic mass is 9.71. The molecule has 18 heavy (non-hydrogen) atoms. The average molecular weight is 245 g/mol. The van der Waals surface area contributed by atoms with Crippen LogP contribution in [0, 0.1) is 11.3 Å². The van der Waals surface area contributed by atoms with Gasteiger partial charge in [0.2, 0.25) is 0 Å². The normalized spacial score (nSPS) is 20.2. The van der Waals surface area contributed by atoms with E-state index in [0.717, 1.165) is 12.3 Å². The summed E-state index contributed by atoms with van der Waals surface area (Å²) in [4.78, 5) is 0. The van der Waals surface area contributed by atoms with E-state index in [1.165, 1.54) is 37.7 Å². The van der Waals surface area contributed by atoms with Crippen molar-refractivity contribution in [1.29, 1.82) is 0 Å². The van der Waals surface area contributed by atoms with Gasteiger partial charge >= 0.3 is 0 Å². The fraction of sp³-hybridized carbons (Fsp3) is 0.647. The van der Waals surface area contributed by atoms with Crippen molar-refractivity contribution in [3.05, 3.63) is 35.9 Å². The minimum atomic E-state index is 0.324. The first kappa shape index (κ1) is 13.6. The Kier molecular flexibility index (Phi) is 4.45. The van der Waals surface area contributed by atoms with Crippen LogP contribution in [0.3, 0.4) is 0 Å². The summed E-state index contributed by atoms with van der Waals surface area (Å²) in [6.07, 6.45) is 7.73. The topological polar surface area (TPSA) is 26.0 Å². The van der Waals surface area contributed by atoms with E-state index < -0.39 is 0 Å². The number of hydrogen-bond acceptors (Lipinski definition) is 1. The molecule has 1 saturated carbocycles. The lowest BCUT2D eigenvalue weighted by Crippen LogP contribution is -2.42. The maximum atomic E-state index is 6.59. The van der Waals surface area contributed by atoms with Crippen LogP contribution in [0.25, 0.3) is 0 Å². The molecule has 0 heterocycles. The van der Waals surface area contributed by atoms with Crippen LogP contribution in [0.15, 0.2) is 30.3 Å². The van der Waals surface area contributed by atoms with Crippen molar-refractivity contribution < 1.29 is 0 Å². The molecule has 1 aromatic rings. The third-order valence-electron chi connectivity index (χ3n) is 4.50. The Balaban J connectivity index is 2.06. The molecule has 1 atom stereocenters. The van der Waals surface area contributed by atoms with Gasteiger partial charge in [-0.2, -0.15) is 0 Å². The summed E-state index contributed by atoms with van der Waals surface area (Å²) in [6, 6.07) is 11.0. The van der Waals surface area contributed by atoms with E-state index >= 15 is 0 Å². The summed E-state index contributed by atoms with van der Waals surface area (Å²) in [5.74, 6) is 0.755. The molecular formula is C17H27N. The maximum absolute atomic E-state index is 6.59. The molecule has 1 fully saturated rings. The van der Waals surface area contributed by atoms with Gasteiger partial charge in [-0.15, -0.1) is 0 Å².